The van der Waals surface area contributed by atoms with Crippen molar-refractivity contribution in [1.82, 2.24) is 10.3 Å². The van der Waals surface area contributed by atoms with Crippen LogP contribution in [0.5, 0.6) is 0 Å². The highest BCUT2D eigenvalue weighted by molar-refractivity contribution is 7.91. The number of aryl methyl sites for hydroxylation is 1. The average molecular weight is 284 g/mol. The SMILES string of the molecule is CCNC(CCCS(=O)(=O)CC)c1cc(C)ccn1. The topological polar surface area (TPSA) is 59.1 Å². The molecule has 1 heterocycles. The van der Waals surface area contributed by atoms with E-state index in [1.807, 2.05) is 19.9 Å². The summed E-state index contributed by atoms with van der Waals surface area (Å²) < 4.78 is 23.0. The van der Waals surface area contributed by atoms with Gasteiger partial charge in [0.25, 0.3) is 0 Å². The van der Waals surface area contributed by atoms with Crippen LogP contribution in [-0.2, 0) is 9.84 Å². The quantitative estimate of drug-likeness (QED) is 0.795. The summed E-state index contributed by atoms with van der Waals surface area (Å²) in [6.45, 7) is 6.63. The lowest BCUT2D eigenvalue weighted by Crippen LogP contribution is -2.23. The Morgan fingerprint density at radius 3 is 2.68 bits per heavy atom. The van der Waals surface area contributed by atoms with Gasteiger partial charge in [0, 0.05) is 18.0 Å². The van der Waals surface area contributed by atoms with Crippen LogP contribution in [0.25, 0.3) is 0 Å². The van der Waals surface area contributed by atoms with Crippen molar-refractivity contribution >= 4 is 9.84 Å². The molecule has 0 aliphatic carbocycles. The smallest absolute Gasteiger partial charge is 0.150 e. The maximum Gasteiger partial charge on any atom is 0.150 e. The second-order valence-corrected chi connectivity index (χ2v) is 7.22. The molecule has 1 rings (SSSR count). The van der Waals surface area contributed by atoms with Crippen LogP contribution in [0.4, 0.5) is 0 Å². The monoisotopic (exact) mass is 284 g/mol. The van der Waals surface area contributed by atoms with Gasteiger partial charge < -0.3 is 5.32 Å². The summed E-state index contributed by atoms with van der Waals surface area (Å²) in [6, 6.07) is 4.16. The van der Waals surface area contributed by atoms with E-state index in [1.54, 1.807) is 13.1 Å². The molecule has 108 valence electrons. The molecule has 1 aromatic rings. The first-order chi connectivity index (χ1) is 8.98. The summed E-state index contributed by atoms with van der Waals surface area (Å²) >= 11 is 0. The van der Waals surface area contributed by atoms with Gasteiger partial charge in [-0.15, -0.1) is 0 Å². The van der Waals surface area contributed by atoms with Crippen molar-refractivity contribution in [1.29, 1.82) is 0 Å². The van der Waals surface area contributed by atoms with Crippen LogP contribution in [-0.4, -0.2) is 31.5 Å². The fourth-order valence-corrected chi connectivity index (χ4v) is 2.90. The zero-order chi connectivity index (χ0) is 14.3. The maximum absolute atomic E-state index is 11.5. The molecule has 0 aliphatic heterocycles. The number of sulfone groups is 1. The van der Waals surface area contributed by atoms with Crippen molar-refractivity contribution < 1.29 is 8.42 Å². The zero-order valence-electron chi connectivity index (χ0n) is 12.0. The van der Waals surface area contributed by atoms with Gasteiger partial charge in [0.15, 0.2) is 0 Å². The molecular weight excluding hydrogens is 260 g/mol. The van der Waals surface area contributed by atoms with Crippen LogP contribution in [0.2, 0.25) is 0 Å². The molecule has 0 saturated carbocycles. The van der Waals surface area contributed by atoms with Crippen LogP contribution in [0, 0.1) is 6.92 Å². The first kappa shape index (κ1) is 16.1. The number of nitrogens with zero attached hydrogens (tertiary/aromatic N) is 1. The fourth-order valence-electron chi connectivity index (χ4n) is 2.00. The normalized spacial score (nSPS) is 13.4. The van der Waals surface area contributed by atoms with E-state index in [-0.39, 0.29) is 17.5 Å². The van der Waals surface area contributed by atoms with Gasteiger partial charge in [0.2, 0.25) is 0 Å². The Kier molecular flexibility index (Phi) is 6.45. The molecule has 0 aromatic carbocycles. The molecule has 5 heteroatoms. The third-order valence-corrected chi connectivity index (χ3v) is 4.92. The Labute approximate surface area is 116 Å². The standard InChI is InChI=1S/C14H24N2O2S/c1-4-15-13(7-6-10-19(17,18)5-2)14-11-12(3)8-9-16-14/h8-9,11,13,15H,4-7,10H2,1-3H3. The maximum atomic E-state index is 11.5. The van der Waals surface area contributed by atoms with E-state index in [2.05, 4.69) is 16.4 Å². The molecule has 0 saturated heterocycles. The molecule has 1 atom stereocenters. The second kappa shape index (κ2) is 7.60. The predicted octanol–water partition coefficient (Wildman–Crippen LogP) is 2.26. The van der Waals surface area contributed by atoms with E-state index in [4.69, 9.17) is 0 Å². The lowest BCUT2D eigenvalue weighted by Gasteiger charge is -2.17. The minimum Gasteiger partial charge on any atom is -0.309 e. The second-order valence-electron chi connectivity index (χ2n) is 4.75. The number of pyridine rings is 1. The molecule has 4 nitrogen and oxygen atoms in total. The predicted molar refractivity (Wildman–Crippen MR) is 79.0 cm³/mol. The van der Waals surface area contributed by atoms with Gasteiger partial charge in [-0.25, -0.2) is 8.42 Å². The minimum atomic E-state index is -2.87. The van der Waals surface area contributed by atoms with Gasteiger partial charge in [-0.3, -0.25) is 4.98 Å². The number of rotatable bonds is 8. The minimum absolute atomic E-state index is 0.136. The van der Waals surface area contributed by atoms with Gasteiger partial charge in [0.05, 0.1) is 11.4 Å². The Bertz CT molecular complexity index is 486. The summed E-state index contributed by atoms with van der Waals surface area (Å²) in [5, 5.41) is 3.37. The largest absolute Gasteiger partial charge is 0.309 e. The van der Waals surface area contributed by atoms with Crippen LogP contribution >= 0.6 is 0 Å². The van der Waals surface area contributed by atoms with E-state index in [0.717, 1.165) is 18.7 Å². The lowest BCUT2D eigenvalue weighted by atomic mass is 10.1. The molecule has 0 radical (unpaired) electrons. The van der Waals surface area contributed by atoms with E-state index < -0.39 is 9.84 Å². The van der Waals surface area contributed by atoms with Crippen LogP contribution in [0.15, 0.2) is 18.3 Å². The van der Waals surface area contributed by atoms with Crippen molar-refractivity contribution in [2.75, 3.05) is 18.1 Å². The molecule has 19 heavy (non-hydrogen) atoms. The molecule has 0 bridgehead atoms. The summed E-state index contributed by atoms with van der Waals surface area (Å²) in [6.07, 6.45) is 3.27. The summed E-state index contributed by atoms with van der Waals surface area (Å²) in [5.74, 6) is 0.485. The molecule has 1 N–H and O–H groups in total. The highest BCUT2D eigenvalue weighted by Gasteiger charge is 2.14. The van der Waals surface area contributed by atoms with Crippen molar-refractivity contribution in [3.05, 3.63) is 29.6 Å². The number of hydrogen-bond donors (Lipinski definition) is 1. The number of aromatic nitrogens is 1. The third kappa shape index (κ3) is 5.70. The molecule has 0 aliphatic rings. The van der Waals surface area contributed by atoms with Crippen molar-refractivity contribution in [3.8, 4) is 0 Å². The van der Waals surface area contributed by atoms with Crippen LogP contribution in [0.3, 0.4) is 0 Å². The highest BCUT2D eigenvalue weighted by Crippen LogP contribution is 2.17. The first-order valence-corrected chi connectivity index (χ1v) is 8.67. The highest BCUT2D eigenvalue weighted by atomic mass is 32.2. The number of nitrogens with one attached hydrogen (secondary N) is 1. The van der Waals surface area contributed by atoms with Gasteiger partial charge in [-0.05, 0) is 44.0 Å². The van der Waals surface area contributed by atoms with E-state index >= 15 is 0 Å². The van der Waals surface area contributed by atoms with Gasteiger partial charge in [0.1, 0.15) is 9.84 Å². The van der Waals surface area contributed by atoms with Gasteiger partial charge in [-0.1, -0.05) is 13.8 Å². The average Bonchev–Trinajstić information content (AvgIpc) is 2.37. The first-order valence-electron chi connectivity index (χ1n) is 6.85. The summed E-state index contributed by atoms with van der Waals surface area (Å²) in [5.41, 5.74) is 2.17. The van der Waals surface area contributed by atoms with E-state index in [1.165, 1.54) is 5.56 Å². The molecule has 0 fully saturated rings. The molecule has 1 aromatic heterocycles. The van der Waals surface area contributed by atoms with Gasteiger partial charge in [-0.2, -0.15) is 0 Å². The van der Waals surface area contributed by atoms with Crippen molar-refractivity contribution in [2.45, 2.75) is 39.7 Å². The summed E-state index contributed by atoms with van der Waals surface area (Å²) in [4.78, 5) is 4.38. The Balaban J connectivity index is 2.63. The fraction of sp³-hybridized carbons (Fsp3) is 0.643. The molecule has 0 amide bonds. The lowest BCUT2D eigenvalue weighted by molar-refractivity contribution is 0.495. The van der Waals surface area contributed by atoms with Crippen molar-refractivity contribution in [2.24, 2.45) is 0 Å². The van der Waals surface area contributed by atoms with Crippen LogP contribution < -0.4 is 5.32 Å². The van der Waals surface area contributed by atoms with E-state index in [9.17, 15) is 8.42 Å². The summed E-state index contributed by atoms with van der Waals surface area (Å²) in [7, 11) is -2.87. The number of hydrogen-bond acceptors (Lipinski definition) is 4. The third-order valence-electron chi connectivity index (χ3n) is 3.13. The van der Waals surface area contributed by atoms with Crippen LogP contribution in [0.1, 0.15) is 44.0 Å². The Morgan fingerprint density at radius 1 is 1.37 bits per heavy atom. The molecule has 1 unspecified atom stereocenters. The molecule has 0 spiro atoms. The molecular formula is C14H24N2O2S. The van der Waals surface area contributed by atoms with Crippen molar-refractivity contribution in [3.63, 3.8) is 0 Å². The zero-order valence-corrected chi connectivity index (χ0v) is 12.8. The van der Waals surface area contributed by atoms with E-state index in [0.29, 0.717) is 6.42 Å². The van der Waals surface area contributed by atoms with Gasteiger partial charge >= 0.3 is 0 Å². The Morgan fingerprint density at radius 2 is 2.11 bits per heavy atom. The Hall–Kier alpha value is -0.940.